The first-order valence-corrected chi connectivity index (χ1v) is 13.4. The van der Waals surface area contributed by atoms with Crippen molar-refractivity contribution in [1.29, 1.82) is 0 Å². The molecule has 0 aromatic rings. The molecule has 0 heterocycles. The van der Waals surface area contributed by atoms with E-state index in [0.717, 1.165) is 12.3 Å². The molecule has 0 aromatic carbocycles. The van der Waals surface area contributed by atoms with E-state index in [1.807, 2.05) is 0 Å². The minimum atomic E-state index is -1.68. The Hall–Kier alpha value is -0.313. The van der Waals surface area contributed by atoms with Gasteiger partial charge in [-0.25, -0.2) is 0 Å². The van der Waals surface area contributed by atoms with Gasteiger partial charge in [-0.15, -0.1) is 0 Å². The molecule has 0 aliphatic heterocycles. The number of carbonyl (C=O) groups is 1. The summed E-state index contributed by atoms with van der Waals surface area (Å²) in [4.78, 5) is 11.6. The van der Waals surface area contributed by atoms with Crippen molar-refractivity contribution in [3.05, 3.63) is 0 Å². The zero-order valence-electron chi connectivity index (χ0n) is 16.6. The Balaban J connectivity index is 3.18. The van der Waals surface area contributed by atoms with Crippen LogP contribution < -0.4 is 0 Å². The van der Waals surface area contributed by atoms with Gasteiger partial charge in [0.25, 0.3) is 5.97 Å². The molecule has 0 radical (unpaired) electrons. The van der Waals surface area contributed by atoms with E-state index in [-0.39, 0.29) is 5.97 Å². The maximum absolute atomic E-state index is 11.6. The van der Waals surface area contributed by atoms with Crippen molar-refractivity contribution in [2.45, 2.75) is 117 Å². The molecule has 0 rings (SSSR count). The minimum absolute atomic E-state index is 0.0154. The van der Waals surface area contributed by atoms with Crippen LogP contribution in [0.3, 0.4) is 0 Å². The van der Waals surface area contributed by atoms with Gasteiger partial charge in [0.05, 0.1) is 0 Å². The Morgan fingerprint density at radius 1 is 0.739 bits per heavy atom. The van der Waals surface area contributed by atoms with Crippen molar-refractivity contribution in [2.24, 2.45) is 5.92 Å². The van der Waals surface area contributed by atoms with Crippen molar-refractivity contribution in [2.75, 3.05) is 0 Å². The summed E-state index contributed by atoms with van der Waals surface area (Å²) in [6.07, 6.45) is 16.6. The first-order valence-electron chi connectivity index (χ1n) is 10.0. The molecule has 0 aliphatic carbocycles. The predicted octanol–water partition coefficient (Wildman–Crippen LogP) is 7.09. The van der Waals surface area contributed by atoms with E-state index in [1.54, 1.807) is 0 Å². The molecule has 0 spiro atoms. The second-order valence-electron chi connectivity index (χ2n) is 8.41. The molecule has 0 aromatic heterocycles. The Morgan fingerprint density at radius 2 is 1.13 bits per heavy atom. The molecule has 23 heavy (non-hydrogen) atoms. The van der Waals surface area contributed by atoms with Crippen LogP contribution in [0.5, 0.6) is 0 Å². The zero-order chi connectivity index (χ0) is 17.6. The molecule has 0 unspecified atom stereocenters. The van der Waals surface area contributed by atoms with Crippen LogP contribution in [0.25, 0.3) is 0 Å². The Morgan fingerprint density at radius 3 is 1.52 bits per heavy atom. The second kappa shape index (κ2) is 14.1. The summed E-state index contributed by atoms with van der Waals surface area (Å²) in [5.41, 5.74) is 0. The van der Waals surface area contributed by atoms with Gasteiger partial charge in [0.15, 0.2) is 0 Å². The molecule has 0 saturated carbocycles. The SMILES string of the molecule is CC(C)CCCCCCCCCCCCCC(=O)O[Si](C)(C)C. The van der Waals surface area contributed by atoms with Crippen LogP contribution in [-0.4, -0.2) is 14.3 Å². The third kappa shape index (κ3) is 19.6. The Kier molecular flexibility index (Phi) is 13.9. The highest BCUT2D eigenvalue weighted by Crippen LogP contribution is 2.14. The van der Waals surface area contributed by atoms with Gasteiger partial charge in [0.1, 0.15) is 0 Å². The van der Waals surface area contributed by atoms with Crippen molar-refractivity contribution in [3.63, 3.8) is 0 Å². The van der Waals surface area contributed by atoms with Gasteiger partial charge in [-0.05, 0) is 32.0 Å². The smallest absolute Gasteiger partial charge is 0.292 e. The summed E-state index contributed by atoms with van der Waals surface area (Å²) in [6.45, 7) is 10.8. The van der Waals surface area contributed by atoms with Crippen LogP contribution in [0.2, 0.25) is 19.6 Å². The highest BCUT2D eigenvalue weighted by Gasteiger charge is 2.19. The molecule has 0 N–H and O–H groups in total. The lowest BCUT2D eigenvalue weighted by Crippen LogP contribution is -2.28. The van der Waals surface area contributed by atoms with Crippen molar-refractivity contribution in [1.82, 2.24) is 0 Å². The fourth-order valence-corrected chi connectivity index (χ4v) is 3.59. The van der Waals surface area contributed by atoms with E-state index in [2.05, 4.69) is 33.5 Å². The quantitative estimate of drug-likeness (QED) is 0.234. The van der Waals surface area contributed by atoms with Gasteiger partial charge in [0, 0.05) is 6.42 Å². The minimum Gasteiger partial charge on any atom is -0.520 e. The molecular weight excluding hydrogens is 300 g/mol. The number of rotatable bonds is 15. The van der Waals surface area contributed by atoms with Crippen LogP contribution in [0.4, 0.5) is 0 Å². The van der Waals surface area contributed by atoms with Gasteiger partial charge >= 0.3 is 0 Å². The van der Waals surface area contributed by atoms with Gasteiger partial charge in [0.2, 0.25) is 8.32 Å². The molecule has 3 heteroatoms. The number of hydrogen-bond donors (Lipinski definition) is 0. The number of hydrogen-bond acceptors (Lipinski definition) is 2. The van der Waals surface area contributed by atoms with Gasteiger partial charge < -0.3 is 4.43 Å². The van der Waals surface area contributed by atoms with Gasteiger partial charge in [-0.3, -0.25) is 4.79 Å². The zero-order valence-corrected chi connectivity index (χ0v) is 17.6. The summed E-state index contributed by atoms with van der Waals surface area (Å²) in [7, 11) is -1.68. The molecule has 0 amide bonds. The second-order valence-corrected chi connectivity index (χ2v) is 12.8. The maximum Gasteiger partial charge on any atom is 0.292 e. The number of unbranched alkanes of at least 4 members (excludes halogenated alkanes) is 10. The van der Waals surface area contributed by atoms with E-state index < -0.39 is 8.32 Å². The average molecular weight is 343 g/mol. The van der Waals surface area contributed by atoms with E-state index in [1.165, 1.54) is 70.6 Å². The molecular formula is C20H42O2Si. The number of carbonyl (C=O) groups excluding carboxylic acids is 1. The van der Waals surface area contributed by atoms with E-state index in [9.17, 15) is 4.79 Å². The molecule has 0 saturated heterocycles. The first kappa shape index (κ1) is 22.7. The lowest BCUT2D eigenvalue weighted by Gasteiger charge is -2.17. The van der Waals surface area contributed by atoms with Crippen LogP contribution >= 0.6 is 0 Å². The van der Waals surface area contributed by atoms with Gasteiger partial charge in [-0.1, -0.05) is 84.5 Å². The highest BCUT2D eigenvalue weighted by atomic mass is 28.4. The first-order chi connectivity index (χ1) is 10.8. The molecule has 0 atom stereocenters. The van der Waals surface area contributed by atoms with Crippen LogP contribution in [0.15, 0.2) is 0 Å². The van der Waals surface area contributed by atoms with E-state index in [4.69, 9.17) is 4.43 Å². The molecule has 0 aliphatic rings. The Bertz CT molecular complexity index is 282. The summed E-state index contributed by atoms with van der Waals surface area (Å²) >= 11 is 0. The van der Waals surface area contributed by atoms with Crippen molar-refractivity contribution >= 4 is 14.3 Å². The topological polar surface area (TPSA) is 26.3 Å². The van der Waals surface area contributed by atoms with Crippen LogP contribution in [0, 0.1) is 5.92 Å². The lowest BCUT2D eigenvalue weighted by molar-refractivity contribution is -0.135. The molecule has 2 nitrogen and oxygen atoms in total. The van der Waals surface area contributed by atoms with Crippen LogP contribution in [0.1, 0.15) is 97.3 Å². The fourth-order valence-electron chi connectivity index (χ4n) is 2.81. The monoisotopic (exact) mass is 342 g/mol. The third-order valence-corrected chi connectivity index (χ3v) is 4.92. The van der Waals surface area contributed by atoms with E-state index >= 15 is 0 Å². The summed E-state index contributed by atoms with van der Waals surface area (Å²) in [6, 6.07) is 0. The summed E-state index contributed by atoms with van der Waals surface area (Å²) in [5, 5.41) is 0. The van der Waals surface area contributed by atoms with Crippen molar-refractivity contribution < 1.29 is 9.22 Å². The van der Waals surface area contributed by atoms with Crippen molar-refractivity contribution in [3.8, 4) is 0 Å². The molecule has 0 bridgehead atoms. The lowest BCUT2D eigenvalue weighted by atomic mass is 10.0. The van der Waals surface area contributed by atoms with Crippen LogP contribution in [-0.2, 0) is 9.22 Å². The third-order valence-electron chi connectivity index (χ3n) is 4.08. The standard InChI is InChI=1S/C20H42O2Si/c1-19(2)17-15-13-11-9-7-6-8-10-12-14-16-18-20(21)22-23(3,4)5/h19H,6-18H2,1-5H3. The average Bonchev–Trinajstić information content (AvgIpc) is 2.41. The summed E-state index contributed by atoms with van der Waals surface area (Å²) < 4.78 is 5.45. The largest absolute Gasteiger partial charge is 0.520 e. The summed E-state index contributed by atoms with van der Waals surface area (Å²) in [5.74, 6) is 0.883. The van der Waals surface area contributed by atoms with Gasteiger partial charge in [-0.2, -0.15) is 0 Å². The Labute approximate surface area is 146 Å². The highest BCUT2D eigenvalue weighted by molar-refractivity contribution is 6.71. The molecule has 138 valence electrons. The molecule has 0 fully saturated rings. The predicted molar refractivity (Wildman–Crippen MR) is 104 cm³/mol. The fraction of sp³-hybridized carbons (Fsp3) is 0.950. The van der Waals surface area contributed by atoms with E-state index in [0.29, 0.717) is 6.42 Å². The maximum atomic E-state index is 11.6. The normalized spacial score (nSPS) is 11.9.